The molecule has 17 heavy (non-hydrogen) atoms. The fourth-order valence-corrected chi connectivity index (χ4v) is 2.56. The standard InChI is InChI=1S/C14H21FN2/c1-10-4-5-13(6-14(10)15)9-17-7-11(2)16-12(3)8-17/h4-6,11-12,16H,7-9H2,1-3H3. The third-order valence-electron chi connectivity index (χ3n) is 3.28. The van der Waals surface area contributed by atoms with Gasteiger partial charge in [-0.25, -0.2) is 4.39 Å². The minimum Gasteiger partial charge on any atom is -0.309 e. The molecule has 0 radical (unpaired) electrons. The summed E-state index contributed by atoms with van der Waals surface area (Å²) in [5.41, 5.74) is 1.78. The zero-order valence-corrected chi connectivity index (χ0v) is 10.8. The Morgan fingerprint density at radius 2 is 1.94 bits per heavy atom. The maximum Gasteiger partial charge on any atom is 0.126 e. The first-order valence-corrected chi connectivity index (χ1v) is 6.28. The van der Waals surface area contributed by atoms with E-state index in [1.165, 1.54) is 0 Å². The van der Waals surface area contributed by atoms with E-state index < -0.39 is 0 Å². The number of nitrogens with zero attached hydrogens (tertiary/aromatic N) is 1. The third kappa shape index (κ3) is 3.27. The summed E-state index contributed by atoms with van der Waals surface area (Å²) in [6, 6.07) is 6.56. The quantitative estimate of drug-likeness (QED) is 0.847. The maximum absolute atomic E-state index is 13.5. The first kappa shape index (κ1) is 12.5. The Morgan fingerprint density at radius 3 is 2.53 bits per heavy atom. The highest BCUT2D eigenvalue weighted by Crippen LogP contribution is 2.13. The second kappa shape index (κ2) is 5.15. The lowest BCUT2D eigenvalue weighted by Crippen LogP contribution is -2.53. The van der Waals surface area contributed by atoms with Crippen molar-refractivity contribution in [1.29, 1.82) is 0 Å². The number of hydrogen-bond donors (Lipinski definition) is 1. The average molecular weight is 236 g/mol. The molecule has 2 rings (SSSR count). The van der Waals surface area contributed by atoms with Crippen molar-refractivity contribution in [2.75, 3.05) is 13.1 Å². The first-order valence-electron chi connectivity index (χ1n) is 6.28. The molecule has 0 spiro atoms. The van der Waals surface area contributed by atoms with Gasteiger partial charge in [0.1, 0.15) is 5.82 Å². The van der Waals surface area contributed by atoms with E-state index in [0.29, 0.717) is 12.1 Å². The van der Waals surface area contributed by atoms with Crippen molar-refractivity contribution in [1.82, 2.24) is 10.2 Å². The maximum atomic E-state index is 13.5. The van der Waals surface area contributed by atoms with E-state index in [-0.39, 0.29) is 5.82 Å². The second-order valence-corrected chi connectivity index (χ2v) is 5.25. The number of nitrogens with one attached hydrogen (secondary N) is 1. The molecule has 1 saturated heterocycles. The van der Waals surface area contributed by atoms with Gasteiger partial charge in [-0.05, 0) is 38.0 Å². The Kier molecular flexibility index (Phi) is 3.79. The zero-order valence-electron chi connectivity index (χ0n) is 10.8. The number of aryl methyl sites for hydroxylation is 1. The summed E-state index contributed by atoms with van der Waals surface area (Å²) in [4.78, 5) is 2.38. The molecule has 1 aliphatic heterocycles. The van der Waals surface area contributed by atoms with Gasteiger partial charge < -0.3 is 5.32 Å². The number of hydrogen-bond acceptors (Lipinski definition) is 2. The van der Waals surface area contributed by atoms with Gasteiger partial charge in [-0.1, -0.05) is 12.1 Å². The molecule has 1 aromatic rings. The molecule has 2 nitrogen and oxygen atoms in total. The van der Waals surface area contributed by atoms with Crippen LogP contribution in [0.1, 0.15) is 25.0 Å². The summed E-state index contributed by atoms with van der Waals surface area (Å²) in [6.45, 7) is 9.08. The van der Waals surface area contributed by atoms with Crippen LogP contribution in [0.15, 0.2) is 18.2 Å². The molecule has 1 aliphatic rings. The Morgan fingerprint density at radius 1 is 1.29 bits per heavy atom. The Labute approximate surface area is 103 Å². The predicted octanol–water partition coefficient (Wildman–Crippen LogP) is 2.32. The number of piperazine rings is 1. The van der Waals surface area contributed by atoms with Crippen LogP contribution in [0.3, 0.4) is 0 Å². The highest BCUT2D eigenvalue weighted by molar-refractivity contribution is 5.23. The normalized spacial score (nSPS) is 26.1. The SMILES string of the molecule is Cc1ccc(CN2CC(C)NC(C)C2)cc1F. The van der Waals surface area contributed by atoms with Crippen LogP contribution >= 0.6 is 0 Å². The molecule has 94 valence electrons. The van der Waals surface area contributed by atoms with Crippen LogP contribution in [0.25, 0.3) is 0 Å². The smallest absolute Gasteiger partial charge is 0.126 e. The van der Waals surface area contributed by atoms with E-state index in [4.69, 9.17) is 0 Å². The van der Waals surface area contributed by atoms with E-state index in [1.807, 2.05) is 12.1 Å². The predicted molar refractivity (Wildman–Crippen MR) is 68.5 cm³/mol. The highest BCUT2D eigenvalue weighted by Gasteiger charge is 2.20. The van der Waals surface area contributed by atoms with E-state index in [2.05, 4.69) is 24.1 Å². The molecule has 0 bridgehead atoms. The van der Waals surface area contributed by atoms with Crippen LogP contribution < -0.4 is 5.32 Å². The number of rotatable bonds is 2. The fraction of sp³-hybridized carbons (Fsp3) is 0.571. The van der Waals surface area contributed by atoms with Gasteiger partial charge in [-0.2, -0.15) is 0 Å². The van der Waals surface area contributed by atoms with Crippen molar-refractivity contribution < 1.29 is 4.39 Å². The number of halogens is 1. The molecule has 0 aliphatic carbocycles. The lowest BCUT2D eigenvalue weighted by Gasteiger charge is -2.36. The Hall–Kier alpha value is -0.930. The van der Waals surface area contributed by atoms with Gasteiger partial charge in [0.2, 0.25) is 0 Å². The summed E-state index contributed by atoms with van der Waals surface area (Å²) < 4.78 is 13.5. The van der Waals surface area contributed by atoms with Crippen molar-refractivity contribution in [3.05, 3.63) is 35.1 Å². The van der Waals surface area contributed by atoms with Gasteiger partial charge in [-0.3, -0.25) is 4.90 Å². The molecule has 0 amide bonds. The van der Waals surface area contributed by atoms with Gasteiger partial charge >= 0.3 is 0 Å². The van der Waals surface area contributed by atoms with Crippen molar-refractivity contribution in [3.8, 4) is 0 Å². The first-order chi connectivity index (χ1) is 8.04. The van der Waals surface area contributed by atoms with E-state index in [1.54, 1.807) is 13.0 Å². The molecule has 3 heteroatoms. The van der Waals surface area contributed by atoms with Gasteiger partial charge in [0, 0.05) is 31.7 Å². The molecular formula is C14H21FN2. The van der Waals surface area contributed by atoms with E-state index in [0.717, 1.165) is 30.8 Å². The van der Waals surface area contributed by atoms with Crippen molar-refractivity contribution in [3.63, 3.8) is 0 Å². The number of benzene rings is 1. The van der Waals surface area contributed by atoms with Gasteiger partial charge in [0.15, 0.2) is 0 Å². The van der Waals surface area contributed by atoms with Crippen LogP contribution in [0.2, 0.25) is 0 Å². The van der Waals surface area contributed by atoms with E-state index >= 15 is 0 Å². The van der Waals surface area contributed by atoms with Crippen LogP contribution in [-0.2, 0) is 6.54 Å². The molecule has 2 atom stereocenters. The summed E-state index contributed by atoms with van der Waals surface area (Å²) in [6.07, 6.45) is 0. The average Bonchev–Trinajstić information content (AvgIpc) is 2.22. The highest BCUT2D eigenvalue weighted by atomic mass is 19.1. The monoisotopic (exact) mass is 236 g/mol. The molecule has 1 N–H and O–H groups in total. The van der Waals surface area contributed by atoms with Gasteiger partial charge in [-0.15, -0.1) is 0 Å². The minimum atomic E-state index is -0.0984. The third-order valence-corrected chi connectivity index (χ3v) is 3.28. The van der Waals surface area contributed by atoms with Crippen LogP contribution in [0, 0.1) is 12.7 Å². The van der Waals surface area contributed by atoms with Gasteiger partial charge in [0.05, 0.1) is 0 Å². The summed E-state index contributed by atoms with van der Waals surface area (Å²) in [7, 11) is 0. The summed E-state index contributed by atoms with van der Waals surface area (Å²) in [5, 5.41) is 3.50. The molecule has 1 aromatic carbocycles. The molecule has 0 saturated carbocycles. The lowest BCUT2D eigenvalue weighted by atomic mass is 10.1. The van der Waals surface area contributed by atoms with Crippen LogP contribution in [-0.4, -0.2) is 30.1 Å². The van der Waals surface area contributed by atoms with Crippen LogP contribution in [0.4, 0.5) is 4.39 Å². The van der Waals surface area contributed by atoms with Crippen molar-refractivity contribution >= 4 is 0 Å². The largest absolute Gasteiger partial charge is 0.309 e. The molecule has 2 unspecified atom stereocenters. The lowest BCUT2D eigenvalue weighted by molar-refractivity contribution is 0.166. The minimum absolute atomic E-state index is 0.0984. The molecule has 1 heterocycles. The van der Waals surface area contributed by atoms with E-state index in [9.17, 15) is 4.39 Å². The molecular weight excluding hydrogens is 215 g/mol. The second-order valence-electron chi connectivity index (χ2n) is 5.25. The van der Waals surface area contributed by atoms with Gasteiger partial charge in [0.25, 0.3) is 0 Å². The summed E-state index contributed by atoms with van der Waals surface area (Å²) >= 11 is 0. The van der Waals surface area contributed by atoms with Crippen molar-refractivity contribution in [2.24, 2.45) is 0 Å². The zero-order chi connectivity index (χ0) is 12.4. The van der Waals surface area contributed by atoms with Crippen molar-refractivity contribution in [2.45, 2.75) is 39.4 Å². The topological polar surface area (TPSA) is 15.3 Å². The Bertz CT molecular complexity index is 382. The van der Waals surface area contributed by atoms with Crippen LogP contribution in [0.5, 0.6) is 0 Å². The molecule has 1 fully saturated rings. The Balaban J connectivity index is 2.02. The molecule has 0 aromatic heterocycles. The fourth-order valence-electron chi connectivity index (χ4n) is 2.56. The summed E-state index contributed by atoms with van der Waals surface area (Å²) in [5.74, 6) is -0.0984.